The molecular weight excluding hydrogens is 428 g/mol. The Labute approximate surface area is 191 Å². The number of nitrogens with zero attached hydrogens (tertiary/aromatic N) is 4. The van der Waals surface area contributed by atoms with Crippen molar-refractivity contribution in [1.82, 2.24) is 9.88 Å². The predicted octanol–water partition coefficient (Wildman–Crippen LogP) is 4.34. The van der Waals surface area contributed by atoms with E-state index in [2.05, 4.69) is 11.1 Å². The van der Waals surface area contributed by atoms with E-state index in [1.54, 1.807) is 42.4 Å². The number of anilines is 1. The molecule has 4 rings (SSSR count). The van der Waals surface area contributed by atoms with Gasteiger partial charge in [0.05, 0.1) is 7.11 Å². The van der Waals surface area contributed by atoms with Gasteiger partial charge in [0, 0.05) is 48.4 Å². The second-order valence-corrected chi connectivity index (χ2v) is 7.62. The smallest absolute Gasteiger partial charge is 0.254 e. The SMILES string of the molecule is COc1ccccc1/C=C/c1nc(C#N)c(N2CCN(C(=O)c3cccc(Cl)c3)CC2)o1. The van der Waals surface area contributed by atoms with Crippen LogP contribution in [-0.4, -0.2) is 49.1 Å². The quantitative estimate of drug-likeness (QED) is 0.577. The summed E-state index contributed by atoms with van der Waals surface area (Å²) < 4.78 is 11.2. The average molecular weight is 449 g/mol. The third-order valence-electron chi connectivity index (χ3n) is 5.20. The number of methoxy groups -OCH3 is 1. The van der Waals surface area contributed by atoms with E-state index in [0.29, 0.717) is 48.5 Å². The Hall–Kier alpha value is -3.76. The molecule has 0 N–H and O–H groups in total. The first-order chi connectivity index (χ1) is 15.6. The molecular formula is C24H21ClN4O3. The lowest BCUT2D eigenvalue weighted by molar-refractivity contribution is 0.0745. The van der Waals surface area contributed by atoms with Crippen LogP contribution in [0.25, 0.3) is 12.2 Å². The molecule has 1 amide bonds. The van der Waals surface area contributed by atoms with Crippen molar-refractivity contribution in [2.75, 3.05) is 38.2 Å². The molecule has 0 aliphatic carbocycles. The van der Waals surface area contributed by atoms with Crippen LogP contribution in [0.1, 0.15) is 27.5 Å². The van der Waals surface area contributed by atoms with Crippen molar-refractivity contribution in [3.63, 3.8) is 0 Å². The number of benzene rings is 2. The number of carbonyl (C=O) groups excluding carboxylic acids is 1. The lowest BCUT2D eigenvalue weighted by Gasteiger charge is -2.34. The minimum absolute atomic E-state index is 0.0642. The molecule has 1 fully saturated rings. The maximum atomic E-state index is 12.7. The molecule has 32 heavy (non-hydrogen) atoms. The van der Waals surface area contributed by atoms with Crippen LogP contribution < -0.4 is 9.64 Å². The highest BCUT2D eigenvalue weighted by atomic mass is 35.5. The van der Waals surface area contributed by atoms with Gasteiger partial charge >= 0.3 is 0 Å². The van der Waals surface area contributed by atoms with Crippen molar-refractivity contribution >= 4 is 35.5 Å². The van der Waals surface area contributed by atoms with Crippen molar-refractivity contribution in [3.8, 4) is 11.8 Å². The molecule has 162 valence electrons. The molecule has 0 radical (unpaired) electrons. The molecule has 2 aromatic carbocycles. The third kappa shape index (κ3) is 4.61. The van der Waals surface area contributed by atoms with Crippen LogP contribution >= 0.6 is 11.6 Å². The molecule has 1 aromatic heterocycles. The molecule has 0 atom stereocenters. The summed E-state index contributed by atoms with van der Waals surface area (Å²) in [5, 5.41) is 10.1. The minimum atomic E-state index is -0.0642. The lowest BCUT2D eigenvalue weighted by Crippen LogP contribution is -2.48. The predicted molar refractivity (Wildman–Crippen MR) is 123 cm³/mol. The second kappa shape index (κ2) is 9.58. The third-order valence-corrected chi connectivity index (χ3v) is 5.44. The maximum absolute atomic E-state index is 12.7. The molecule has 3 aromatic rings. The molecule has 1 aliphatic heterocycles. The van der Waals surface area contributed by atoms with E-state index >= 15 is 0 Å². The van der Waals surface area contributed by atoms with Gasteiger partial charge in [0.1, 0.15) is 11.8 Å². The van der Waals surface area contributed by atoms with Gasteiger partial charge in [-0.05, 0) is 30.3 Å². The highest BCUT2D eigenvalue weighted by molar-refractivity contribution is 6.30. The number of hydrogen-bond acceptors (Lipinski definition) is 6. The lowest BCUT2D eigenvalue weighted by atomic mass is 10.2. The number of nitriles is 1. The van der Waals surface area contributed by atoms with Crippen LogP contribution in [0.5, 0.6) is 5.75 Å². The number of amides is 1. The normalized spacial score (nSPS) is 13.9. The Morgan fingerprint density at radius 3 is 2.66 bits per heavy atom. The summed E-state index contributed by atoms with van der Waals surface area (Å²) in [5.74, 6) is 1.42. The van der Waals surface area contributed by atoms with Gasteiger partial charge in [-0.1, -0.05) is 35.9 Å². The topological polar surface area (TPSA) is 82.6 Å². The van der Waals surface area contributed by atoms with Crippen LogP contribution in [0.2, 0.25) is 5.02 Å². The standard InChI is InChI=1S/C24H21ClN4O3/c1-31-21-8-3-2-5-17(21)9-10-22-27-20(16-26)24(32-22)29-13-11-28(12-14-29)23(30)18-6-4-7-19(25)15-18/h2-10,15H,11-14H2,1H3/b10-9+. The van der Waals surface area contributed by atoms with E-state index in [1.807, 2.05) is 35.2 Å². The average Bonchev–Trinajstić information content (AvgIpc) is 3.26. The van der Waals surface area contributed by atoms with E-state index in [0.717, 1.165) is 11.3 Å². The summed E-state index contributed by atoms with van der Waals surface area (Å²) in [6, 6.07) is 16.6. The Morgan fingerprint density at radius 1 is 1.16 bits per heavy atom. The fourth-order valence-electron chi connectivity index (χ4n) is 3.57. The molecule has 0 unspecified atom stereocenters. The number of aromatic nitrogens is 1. The molecule has 0 spiro atoms. The van der Waals surface area contributed by atoms with Gasteiger partial charge in [0.2, 0.25) is 17.5 Å². The van der Waals surface area contributed by atoms with Gasteiger partial charge in [-0.25, -0.2) is 0 Å². The van der Waals surface area contributed by atoms with Crippen LogP contribution in [-0.2, 0) is 0 Å². The van der Waals surface area contributed by atoms with Gasteiger partial charge in [-0.2, -0.15) is 10.2 Å². The van der Waals surface area contributed by atoms with Gasteiger partial charge in [-0.15, -0.1) is 0 Å². The van der Waals surface area contributed by atoms with Gasteiger partial charge < -0.3 is 19.0 Å². The van der Waals surface area contributed by atoms with Crippen LogP contribution in [0.15, 0.2) is 52.9 Å². The van der Waals surface area contributed by atoms with Crippen molar-refractivity contribution in [2.45, 2.75) is 0 Å². The molecule has 7 nitrogen and oxygen atoms in total. The van der Waals surface area contributed by atoms with Crippen molar-refractivity contribution in [2.24, 2.45) is 0 Å². The van der Waals surface area contributed by atoms with E-state index in [-0.39, 0.29) is 11.6 Å². The van der Waals surface area contributed by atoms with Crippen molar-refractivity contribution < 1.29 is 13.9 Å². The van der Waals surface area contributed by atoms with Crippen LogP contribution in [0, 0.1) is 11.3 Å². The minimum Gasteiger partial charge on any atom is -0.496 e. The number of oxazole rings is 1. The fraction of sp³-hybridized carbons (Fsp3) is 0.208. The highest BCUT2D eigenvalue weighted by Gasteiger charge is 2.26. The first-order valence-electron chi connectivity index (χ1n) is 10.1. The number of rotatable bonds is 5. The number of para-hydroxylation sites is 1. The van der Waals surface area contributed by atoms with Crippen LogP contribution in [0.3, 0.4) is 0 Å². The van der Waals surface area contributed by atoms with E-state index < -0.39 is 0 Å². The van der Waals surface area contributed by atoms with E-state index in [1.165, 1.54) is 0 Å². The summed E-state index contributed by atoms with van der Waals surface area (Å²) in [7, 11) is 1.61. The summed E-state index contributed by atoms with van der Waals surface area (Å²) in [4.78, 5) is 20.7. The van der Waals surface area contributed by atoms with Crippen LogP contribution in [0.4, 0.5) is 5.88 Å². The Balaban J connectivity index is 1.46. The van der Waals surface area contributed by atoms with Gasteiger partial charge in [0.25, 0.3) is 5.91 Å². The van der Waals surface area contributed by atoms with E-state index in [4.69, 9.17) is 20.8 Å². The Kier molecular flexibility index (Phi) is 6.43. The first-order valence-corrected chi connectivity index (χ1v) is 10.5. The molecule has 8 heteroatoms. The summed E-state index contributed by atoms with van der Waals surface area (Å²) in [5.41, 5.74) is 1.66. The zero-order chi connectivity index (χ0) is 22.5. The fourth-order valence-corrected chi connectivity index (χ4v) is 3.76. The second-order valence-electron chi connectivity index (χ2n) is 7.18. The zero-order valence-corrected chi connectivity index (χ0v) is 18.2. The first kappa shape index (κ1) is 21.5. The van der Waals surface area contributed by atoms with Crippen molar-refractivity contribution in [3.05, 3.63) is 76.3 Å². The molecule has 2 heterocycles. The molecule has 0 bridgehead atoms. The summed E-state index contributed by atoms with van der Waals surface area (Å²) in [6.45, 7) is 2.07. The monoisotopic (exact) mass is 448 g/mol. The van der Waals surface area contributed by atoms with Gasteiger partial charge in [-0.3, -0.25) is 4.79 Å². The highest BCUT2D eigenvalue weighted by Crippen LogP contribution is 2.26. The Bertz CT molecular complexity index is 1190. The molecule has 1 saturated heterocycles. The molecule has 1 aliphatic rings. The van der Waals surface area contributed by atoms with E-state index in [9.17, 15) is 10.1 Å². The zero-order valence-electron chi connectivity index (χ0n) is 17.5. The molecule has 0 saturated carbocycles. The number of halogens is 1. The number of hydrogen-bond donors (Lipinski definition) is 0. The summed E-state index contributed by atoms with van der Waals surface area (Å²) >= 11 is 6.01. The summed E-state index contributed by atoms with van der Waals surface area (Å²) in [6.07, 6.45) is 3.54. The number of ether oxygens (including phenoxy) is 1. The maximum Gasteiger partial charge on any atom is 0.254 e. The van der Waals surface area contributed by atoms with Gasteiger partial charge in [0.15, 0.2) is 0 Å². The van der Waals surface area contributed by atoms with Crippen molar-refractivity contribution in [1.29, 1.82) is 5.26 Å². The number of piperazine rings is 1. The largest absolute Gasteiger partial charge is 0.496 e. The Morgan fingerprint density at radius 2 is 1.94 bits per heavy atom. The number of carbonyl (C=O) groups is 1.